The van der Waals surface area contributed by atoms with Crippen LogP contribution in [0.5, 0.6) is 0 Å². The van der Waals surface area contributed by atoms with Crippen LogP contribution in [0.4, 0.5) is 0 Å². The molecule has 1 N–H and O–H groups in total. The number of piperazine rings is 1. The molecule has 0 saturated carbocycles. The van der Waals surface area contributed by atoms with Gasteiger partial charge in [0.15, 0.2) is 0 Å². The first-order chi connectivity index (χ1) is 9.99. The van der Waals surface area contributed by atoms with E-state index in [1.165, 1.54) is 18.4 Å². The molecule has 0 amide bonds. The summed E-state index contributed by atoms with van der Waals surface area (Å²) in [5.41, 5.74) is 1.58. The average Bonchev–Trinajstić information content (AvgIpc) is 2.47. The minimum Gasteiger partial charge on any atom is -0.308 e. The molecule has 2 rings (SSSR count). The van der Waals surface area contributed by atoms with E-state index in [4.69, 9.17) is 11.6 Å². The first kappa shape index (κ1) is 16.8. The lowest BCUT2D eigenvalue weighted by molar-refractivity contribution is 0.0443. The predicted molar refractivity (Wildman–Crippen MR) is 91.8 cm³/mol. The molecule has 1 atom stereocenters. The maximum Gasteiger partial charge on any atom is 0.0409 e. The largest absolute Gasteiger partial charge is 0.308 e. The molecule has 0 bridgehead atoms. The van der Waals surface area contributed by atoms with Crippen LogP contribution in [-0.4, -0.2) is 29.6 Å². The van der Waals surface area contributed by atoms with Gasteiger partial charge < -0.3 is 5.32 Å². The molecule has 0 radical (unpaired) electrons. The fourth-order valence-corrected chi connectivity index (χ4v) is 3.65. The van der Waals surface area contributed by atoms with Crippen molar-refractivity contribution in [3.63, 3.8) is 0 Å². The Kier molecular flexibility index (Phi) is 5.70. The SMILES string of the molecule is CCC1(CC)CN(Cc2cccc(Cl)c2)C(C(C)C)CN1. The van der Waals surface area contributed by atoms with E-state index in [1.807, 2.05) is 6.07 Å². The highest BCUT2D eigenvalue weighted by Gasteiger charge is 2.37. The van der Waals surface area contributed by atoms with E-state index < -0.39 is 0 Å². The molecule has 0 spiro atoms. The highest BCUT2D eigenvalue weighted by atomic mass is 35.5. The standard InChI is InChI=1S/C18H29ClN2/c1-5-18(6-2)13-21(17(11-20-18)14(3)4)12-15-8-7-9-16(19)10-15/h7-10,14,17,20H,5-6,11-13H2,1-4H3. The molecule has 0 aliphatic carbocycles. The number of nitrogens with zero attached hydrogens (tertiary/aromatic N) is 1. The van der Waals surface area contributed by atoms with Gasteiger partial charge in [-0.15, -0.1) is 0 Å². The van der Waals surface area contributed by atoms with Crippen molar-refractivity contribution >= 4 is 11.6 Å². The summed E-state index contributed by atoms with van der Waals surface area (Å²) >= 11 is 6.14. The Morgan fingerprint density at radius 2 is 2.05 bits per heavy atom. The van der Waals surface area contributed by atoms with Gasteiger partial charge in [-0.1, -0.05) is 51.4 Å². The molecule has 1 saturated heterocycles. The lowest BCUT2D eigenvalue weighted by atomic mass is 9.86. The lowest BCUT2D eigenvalue weighted by Crippen LogP contribution is -2.64. The average molecular weight is 309 g/mol. The molecule has 3 heteroatoms. The summed E-state index contributed by atoms with van der Waals surface area (Å²) in [5, 5.41) is 4.66. The maximum absolute atomic E-state index is 6.14. The van der Waals surface area contributed by atoms with E-state index in [1.54, 1.807) is 0 Å². The third-order valence-corrected chi connectivity index (χ3v) is 5.29. The second-order valence-electron chi connectivity index (χ2n) is 6.71. The number of nitrogens with one attached hydrogen (secondary N) is 1. The summed E-state index contributed by atoms with van der Waals surface area (Å²) < 4.78 is 0. The smallest absolute Gasteiger partial charge is 0.0409 e. The molecule has 21 heavy (non-hydrogen) atoms. The van der Waals surface area contributed by atoms with Gasteiger partial charge in [-0.3, -0.25) is 4.90 Å². The summed E-state index contributed by atoms with van der Waals surface area (Å²) in [7, 11) is 0. The number of hydrogen-bond donors (Lipinski definition) is 1. The van der Waals surface area contributed by atoms with Gasteiger partial charge in [0.1, 0.15) is 0 Å². The second kappa shape index (κ2) is 7.13. The van der Waals surface area contributed by atoms with Gasteiger partial charge in [0, 0.05) is 36.2 Å². The molecule has 1 unspecified atom stereocenters. The van der Waals surface area contributed by atoms with Gasteiger partial charge in [0.2, 0.25) is 0 Å². The molecule has 0 aromatic heterocycles. The van der Waals surface area contributed by atoms with Crippen molar-refractivity contribution in [3.8, 4) is 0 Å². The Morgan fingerprint density at radius 3 is 2.62 bits per heavy atom. The fourth-order valence-electron chi connectivity index (χ4n) is 3.44. The third-order valence-electron chi connectivity index (χ3n) is 5.06. The first-order valence-electron chi connectivity index (χ1n) is 8.23. The van der Waals surface area contributed by atoms with Crippen LogP contribution in [0.15, 0.2) is 24.3 Å². The van der Waals surface area contributed by atoms with Gasteiger partial charge in [-0.2, -0.15) is 0 Å². The van der Waals surface area contributed by atoms with Crippen LogP contribution in [0.3, 0.4) is 0 Å². The Hall–Kier alpha value is -0.570. The molecule has 118 valence electrons. The Balaban J connectivity index is 2.18. The van der Waals surface area contributed by atoms with Gasteiger partial charge in [0.05, 0.1) is 0 Å². The molecule has 1 aliphatic heterocycles. The lowest BCUT2D eigenvalue weighted by Gasteiger charge is -2.49. The second-order valence-corrected chi connectivity index (χ2v) is 7.15. The van der Waals surface area contributed by atoms with Crippen LogP contribution >= 0.6 is 11.6 Å². The highest BCUT2D eigenvalue weighted by molar-refractivity contribution is 6.30. The Labute approximate surface area is 134 Å². The van der Waals surface area contributed by atoms with Crippen LogP contribution in [0.2, 0.25) is 5.02 Å². The summed E-state index contributed by atoms with van der Waals surface area (Å²) in [4.78, 5) is 2.65. The van der Waals surface area contributed by atoms with Crippen LogP contribution in [0.25, 0.3) is 0 Å². The molecular formula is C18H29ClN2. The van der Waals surface area contributed by atoms with E-state index in [2.05, 4.69) is 56.1 Å². The van der Waals surface area contributed by atoms with Gasteiger partial charge in [-0.05, 0) is 36.5 Å². The summed E-state index contributed by atoms with van der Waals surface area (Å²) in [5.74, 6) is 0.656. The zero-order valence-electron chi connectivity index (χ0n) is 13.8. The summed E-state index contributed by atoms with van der Waals surface area (Å²) in [6.45, 7) is 12.4. The molecular weight excluding hydrogens is 280 g/mol. The van der Waals surface area contributed by atoms with Crippen molar-refractivity contribution < 1.29 is 0 Å². The van der Waals surface area contributed by atoms with Crippen LogP contribution in [0.1, 0.15) is 46.1 Å². The third kappa shape index (κ3) is 4.00. The molecule has 1 aliphatic rings. The van der Waals surface area contributed by atoms with Crippen LogP contribution in [-0.2, 0) is 6.54 Å². The normalized spacial score (nSPS) is 22.7. The van der Waals surface area contributed by atoms with Crippen molar-refractivity contribution in [2.45, 2.75) is 58.7 Å². The van der Waals surface area contributed by atoms with Gasteiger partial charge in [0.25, 0.3) is 0 Å². The minimum absolute atomic E-state index is 0.268. The number of benzene rings is 1. The topological polar surface area (TPSA) is 15.3 Å². The van der Waals surface area contributed by atoms with E-state index in [0.29, 0.717) is 12.0 Å². The molecule has 1 aromatic rings. The molecule has 1 fully saturated rings. The van der Waals surface area contributed by atoms with Crippen molar-refractivity contribution in [1.82, 2.24) is 10.2 Å². The van der Waals surface area contributed by atoms with Crippen LogP contribution < -0.4 is 5.32 Å². The monoisotopic (exact) mass is 308 g/mol. The fraction of sp³-hybridized carbons (Fsp3) is 0.667. The van der Waals surface area contributed by atoms with E-state index in [-0.39, 0.29) is 5.54 Å². The zero-order chi connectivity index (χ0) is 15.5. The Morgan fingerprint density at radius 1 is 1.33 bits per heavy atom. The minimum atomic E-state index is 0.268. The quantitative estimate of drug-likeness (QED) is 0.871. The van der Waals surface area contributed by atoms with E-state index in [0.717, 1.165) is 24.7 Å². The predicted octanol–water partition coefficient (Wildman–Crippen LogP) is 4.33. The molecule has 2 nitrogen and oxygen atoms in total. The van der Waals surface area contributed by atoms with E-state index in [9.17, 15) is 0 Å². The molecule has 1 heterocycles. The van der Waals surface area contributed by atoms with Crippen molar-refractivity contribution in [2.75, 3.05) is 13.1 Å². The number of hydrogen-bond acceptors (Lipinski definition) is 2. The van der Waals surface area contributed by atoms with Crippen LogP contribution in [0, 0.1) is 5.92 Å². The van der Waals surface area contributed by atoms with Gasteiger partial charge >= 0.3 is 0 Å². The van der Waals surface area contributed by atoms with Crippen molar-refractivity contribution in [1.29, 1.82) is 0 Å². The zero-order valence-corrected chi connectivity index (χ0v) is 14.6. The van der Waals surface area contributed by atoms with Crippen molar-refractivity contribution in [2.24, 2.45) is 5.92 Å². The first-order valence-corrected chi connectivity index (χ1v) is 8.61. The van der Waals surface area contributed by atoms with Crippen molar-refractivity contribution in [3.05, 3.63) is 34.9 Å². The number of halogens is 1. The van der Waals surface area contributed by atoms with E-state index >= 15 is 0 Å². The summed E-state index contributed by atoms with van der Waals surface area (Å²) in [6, 6.07) is 8.88. The highest BCUT2D eigenvalue weighted by Crippen LogP contribution is 2.27. The summed E-state index contributed by atoms with van der Waals surface area (Å²) in [6.07, 6.45) is 2.36. The number of rotatable bonds is 5. The maximum atomic E-state index is 6.14. The Bertz CT molecular complexity index is 454. The molecule has 1 aromatic carbocycles. The van der Waals surface area contributed by atoms with Gasteiger partial charge in [-0.25, -0.2) is 0 Å².